The summed E-state index contributed by atoms with van der Waals surface area (Å²) in [5, 5.41) is 0. The fraction of sp³-hybridized carbons (Fsp3) is 1.00. The molecule has 0 aromatic heterocycles. The van der Waals surface area contributed by atoms with Crippen molar-refractivity contribution >= 4 is 8.25 Å². The molecule has 56 valence electrons. The van der Waals surface area contributed by atoms with Crippen molar-refractivity contribution in [2.45, 2.75) is 12.8 Å². The molecule has 1 unspecified atom stereocenters. The maximum absolute atomic E-state index is 11.3. The first kappa shape index (κ1) is 9.08. The molecule has 0 aromatic rings. The zero-order valence-corrected chi connectivity index (χ0v) is 5.97. The third kappa shape index (κ3) is 8.08. The van der Waals surface area contributed by atoms with E-state index in [2.05, 4.69) is 4.52 Å². The summed E-state index contributed by atoms with van der Waals surface area (Å²) in [4.78, 5) is 8.08. The first-order valence-electron chi connectivity index (χ1n) is 2.69. The van der Waals surface area contributed by atoms with E-state index in [0.717, 1.165) is 0 Å². The van der Waals surface area contributed by atoms with E-state index in [1.165, 1.54) is 0 Å². The van der Waals surface area contributed by atoms with Gasteiger partial charge in [-0.05, 0) is 12.8 Å². The lowest BCUT2D eigenvalue weighted by Crippen LogP contribution is -1.86. The molecule has 9 heavy (non-hydrogen) atoms. The highest BCUT2D eigenvalue weighted by Crippen LogP contribution is 2.14. The van der Waals surface area contributed by atoms with Crippen LogP contribution in [0.3, 0.4) is 0 Å². The molecule has 0 radical (unpaired) electrons. The molecular weight excluding hydrogens is 146 g/mol. The van der Waals surface area contributed by atoms with E-state index < -0.39 is 14.9 Å². The van der Waals surface area contributed by atoms with Gasteiger partial charge in [-0.25, -0.2) is 0 Å². The average Bonchev–Trinajstić information content (AvgIpc) is 1.80. The van der Waals surface area contributed by atoms with Gasteiger partial charge < -0.3 is 9.42 Å². The van der Waals surface area contributed by atoms with Crippen molar-refractivity contribution in [3.8, 4) is 0 Å². The summed E-state index contributed by atoms with van der Waals surface area (Å²) in [6.07, 6.45) is 0.905. The molecule has 1 N–H and O–H groups in total. The minimum Gasteiger partial charge on any atom is -0.326 e. The van der Waals surface area contributed by atoms with Crippen LogP contribution in [0.15, 0.2) is 0 Å². The number of halogens is 1. The largest absolute Gasteiger partial charge is 0.326 e. The first-order chi connectivity index (χ1) is 4.27. The summed E-state index contributed by atoms with van der Waals surface area (Å²) >= 11 is 0. The van der Waals surface area contributed by atoms with E-state index in [-0.39, 0.29) is 6.61 Å². The molecule has 0 aliphatic rings. The molecule has 0 amide bonds. The normalized spacial score (nSPS) is 13.6. The van der Waals surface area contributed by atoms with Crippen molar-refractivity contribution in [1.82, 2.24) is 0 Å². The lowest BCUT2D eigenvalue weighted by molar-refractivity contribution is 0.269. The summed E-state index contributed by atoms with van der Waals surface area (Å²) < 4.78 is 25.4. The van der Waals surface area contributed by atoms with E-state index in [1.807, 2.05) is 0 Å². The molecule has 0 aromatic carbocycles. The predicted octanol–water partition coefficient (Wildman–Crippen LogP) is 1.13. The van der Waals surface area contributed by atoms with Crippen LogP contribution in [0.2, 0.25) is 0 Å². The van der Waals surface area contributed by atoms with Crippen LogP contribution in [0.25, 0.3) is 0 Å². The van der Waals surface area contributed by atoms with Gasteiger partial charge in [0.25, 0.3) is 0 Å². The van der Waals surface area contributed by atoms with Crippen LogP contribution in [-0.4, -0.2) is 18.2 Å². The van der Waals surface area contributed by atoms with Crippen LogP contribution in [0, 0.1) is 0 Å². The van der Waals surface area contributed by atoms with Gasteiger partial charge in [-0.15, -0.1) is 0 Å². The number of hydrogen-bond acceptors (Lipinski definition) is 2. The van der Waals surface area contributed by atoms with E-state index in [1.54, 1.807) is 0 Å². The maximum Gasteiger partial charge on any atom is 0.316 e. The highest BCUT2D eigenvalue weighted by Gasteiger charge is 1.90. The summed E-state index contributed by atoms with van der Waals surface area (Å²) in [6.45, 7) is -0.214. The van der Waals surface area contributed by atoms with Gasteiger partial charge in [0.15, 0.2) is 0 Å². The van der Waals surface area contributed by atoms with E-state index in [4.69, 9.17) is 4.89 Å². The van der Waals surface area contributed by atoms with Crippen LogP contribution in [0.5, 0.6) is 0 Å². The third-order valence-electron chi connectivity index (χ3n) is 0.754. The predicted molar refractivity (Wildman–Crippen MR) is 32.4 cm³/mol. The Kier molecular flexibility index (Phi) is 6.26. The fourth-order valence-corrected chi connectivity index (χ4v) is 0.675. The summed E-state index contributed by atoms with van der Waals surface area (Å²) in [6, 6.07) is 0. The van der Waals surface area contributed by atoms with E-state index >= 15 is 0 Å². The highest BCUT2D eigenvalue weighted by atomic mass is 31.1. The molecular formula is C4H10FO3P. The molecule has 0 saturated heterocycles. The number of unbranched alkanes of at least 4 members (excludes halogenated alkanes) is 1. The molecule has 3 nitrogen and oxygen atoms in total. The quantitative estimate of drug-likeness (QED) is 0.479. The molecule has 0 heterocycles. The monoisotopic (exact) mass is 156 g/mol. The van der Waals surface area contributed by atoms with Gasteiger partial charge in [0.1, 0.15) is 0 Å². The van der Waals surface area contributed by atoms with Crippen LogP contribution >= 0.6 is 8.25 Å². The molecule has 0 aliphatic heterocycles. The number of hydrogen-bond donors (Lipinski definition) is 1. The van der Waals surface area contributed by atoms with E-state index in [0.29, 0.717) is 12.8 Å². The molecule has 5 heteroatoms. The van der Waals surface area contributed by atoms with Crippen molar-refractivity contribution in [2.24, 2.45) is 0 Å². The Morgan fingerprint density at radius 2 is 2.22 bits per heavy atom. The molecule has 0 spiro atoms. The third-order valence-corrected chi connectivity index (χ3v) is 1.20. The van der Waals surface area contributed by atoms with Crippen molar-refractivity contribution < 1.29 is 18.4 Å². The van der Waals surface area contributed by atoms with Crippen LogP contribution in [0.4, 0.5) is 4.39 Å². The highest BCUT2D eigenvalue weighted by molar-refractivity contribution is 7.32. The minimum atomic E-state index is -2.79. The fourth-order valence-electron chi connectivity index (χ4n) is 0.356. The van der Waals surface area contributed by atoms with Gasteiger partial charge in [0.05, 0.1) is 13.3 Å². The Hall–Kier alpha value is 0.0800. The lowest BCUT2D eigenvalue weighted by atomic mass is 10.4. The first-order valence-corrected chi connectivity index (χ1v) is 3.95. The Balaban J connectivity index is 2.83. The molecule has 0 saturated carbocycles. The van der Waals surface area contributed by atoms with Gasteiger partial charge in [0, 0.05) is 0 Å². The lowest BCUT2D eigenvalue weighted by Gasteiger charge is -1.95. The van der Waals surface area contributed by atoms with Gasteiger partial charge in [-0.2, -0.15) is 0 Å². The van der Waals surface area contributed by atoms with Gasteiger partial charge in [-0.3, -0.25) is 8.96 Å². The van der Waals surface area contributed by atoms with Gasteiger partial charge in [-0.1, -0.05) is 0 Å². The second kappa shape index (κ2) is 6.20. The van der Waals surface area contributed by atoms with Crippen LogP contribution < -0.4 is 0 Å². The molecule has 0 bridgehead atoms. The number of rotatable bonds is 5. The molecule has 1 atom stereocenters. The second-order valence-corrected chi connectivity index (χ2v) is 2.33. The number of alkyl halides is 1. The molecule has 0 aliphatic carbocycles. The van der Waals surface area contributed by atoms with Crippen LogP contribution in [0.1, 0.15) is 12.8 Å². The maximum atomic E-state index is 11.3. The summed E-state index contributed by atoms with van der Waals surface area (Å²) in [5.41, 5.74) is 0. The van der Waals surface area contributed by atoms with Crippen molar-refractivity contribution in [1.29, 1.82) is 0 Å². The smallest absolute Gasteiger partial charge is 0.316 e. The Bertz CT molecular complexity index is 87.9. The van der Waals surface area contributed by atoms with Crippen molar-refractivity contribution in [2.75, 3.05) is 13.3 Å². The summed E-state index contributed by atoms with van der Waals surface area (Å²) in [7, 11) is -2.79. The van der Waals surface area contributed by atoms with E-state index in [9.17, 15) is 8.96 Å². The van der Waals surface area contributed by atoms with Crippen molar-refractivity contribution in [3.05, 3.63) is 0 Å². The zero-order chi connectivity index (χ0) is 7.11. The second-order valence-electron chi connectivity index (χ2n) is 1.51. The van der Waals surface area contributed by atoms with Crippen LogP contribution in [-0.2, 0) is 9.09 Å². The Labute approximate surface area is 53.8 Å². The molecule has 0 fully saturated rings. The van der Waals surface area contributed by atoms with Gasteiger partial charge in [0.2, 0.25) is 0 Å². The standard InChI is InChI=1S/C4H10FO3P/c5-3-1-2-4-8-9(6)7/h9H,1-4H2,(H,6,7). The zero-order valence-electron chi connectivity index (χ0n) is 4.97. The molecule has 0 rings (SSSR count). The Morgan fingerprint density at radius 1 is 1.56 bits per heavy atom. The van der Waals surface area contributed by atoms with Crippen molar-refractivity contribution in [3.63, 3.8) is 0 Å². The SMILES string of the molecule is O=[PH](O)OCCCCF. The summed E-state index contributed by atoms with van der Waals surface area (Å²) in [5.74, 6) is 0. The average molecular weight is 156 g/mol. The van der Waals surface area contributed by atoms with Gasteiger partial charge >= 0.3 is 8.25 Å². The minimum absolute atomic E-state index is 0.179. The topological polar surface area (TPSA) is 46.5 Å². The Morgan fingerprint density at radius 3 is 2.67 bits per heavy atom.